The molecule has 1 fully saturated rings. The Morgan fingerprint density at radius 3 is 2.67 bits per heavy atom. The number of hydrogen-bond donors (Lipinski definition) is 1. The Morgan fingerprint density at radius 2 is 2.33 bits per heavy atom. The molecule has 2 nitrogen and oxygen atoms in total. The third kappa shape index (κ3) is 1.91. The summed E-state index contributed by atoms with van der Waals surface area (Å²) in [6.07, 6.45) is 3.79. The minimum absolute atomic E-state index is 0.242. The molecule has 0 bridgehead atoms. The fourth-order valence-corrected chi connectivity index (χ4v) is 0.998. The quantitative estimate of drug-likeness (QED) is 0.579. The van der Waals surface area contributed by atoms with Gasteiger partial charge in [-0.1, -0.05) is 12.2 Å². The van der Waals surface area contributed by atoms with Gasteiger partial charge in [0.2, 0.25) is 0 Å². The molecule has 1 radical (unpaired) electrons. The van der Waals surface area contributed by atoms with E-state index in [-0.39, 0.29) is 6.54 Å². The summed E-state index contributed by atoms with van der Waals surface area (Å²) in [4.78, 5) is 0.694. The summed E-state index contributed by atoms with van der Waals surface area (Å²) < 4.78 is 0. The van der Waals surface area contributed by atoms with E-state index in [0.717, 1.165) is 0 Å². The fourth-order valence-electron chi connectivity index (χ4n) is 0.831. The molecule has 0 amide bonds. The smallest absolute Gasteiger partial charge is 0.0910 e. The van der Waals surface area contributed by atoms with E-state index in [1.54, 1.807) is 0 Å². The lowest BCUT2D eigenvalue weighted by molar-refractivity contribution is 0.384. The lowest BCUT2D eigenvalue weighted by atomic mass is 9.93. The Kier molecular flexibility index (Phi) is 2.42. The summed E-state index contributed by atoms with van der Waals surface area (Å²) in [7, 11) is 0. The Labute approximate surface area is 60.8 Å². The lowest BCUT2D eigenvalue weighted by Crippen LogP contribution is -2.40. The topological polar surface area (TPSA) is 35.8 Å². The highest BCUT2D eigenvalue weighted by Gasteiger charge is 2.16. The Hall–Kier alpha value is -0.150. The van der Waals surface area contributed by atoms with Crippen molar-refractivity contribution in [3.8, 4) is 0 Å². The van der Waals surface area contributed by atoms with E-state index < -0.39 is 0 Å². The third-order valence-corrected chi connectivity index (χ3v) is 1.89. The van der Waals surface area contributed by atoms with E-state index in [1.807, 2.05) is 0 Å². The minimum atomic E-state index is 0.242. The van der Waals surface area contributed by atoms with Crippen molar-refractivity contribution in [1.29, 1.82) is 0 Å². The van der Waals surface area contributed by atoms with Crippen molar-refractivity contribution >= 4 is 17.2 Å². The van der Waals surface area contributed by atoms with Crippen LogP contribution in [-0.2, 0) is 0 Å². The second kappa shape index (κ2) is 3.13. The van der Waals surface area contributed by atoms with Crippen molar-refractivity contribution in [3.63, 3.8) is 0 Å². The number of thiocarbonyl (C=S) groups is 1. The molecule has 51 valence electrons. The number of rotatable bonds is 2. The van der Waals surface area contributed by atoms with E-state index in [0.29, 0.717) is 11.0 Å². The standard InChI is InChI=1S/C6H11N2S/c7-4-6(9)8-5-2-1-3-5/h5,7H,1-4H2,(H,8,9). The highest BCUT2D eigenvalue weighted by Crippen LogP contribution is 2.17. The molecule has 0 saturated heterocycles. The molecule has 3 heteroatoms. The largest absolute Gasteiger partial charge is 0.376 e. The Balaban J connectivity index is 2.09. The monoisotopic (exact) mass is 143 g/mol. The van der Waals surface area contributed by atoms with Crippen LogP contribution in [0.1, 0.15) is 19.3 Å². The molecule has 0 spiro atoms. The van der Waals surface area contributed by atoms with Crippen molar-refractivity contribution in [3.05, 3.63) is 0 Å². The van der Waals surface area contributed by atoms with Gasteiger partial charge in [-0.2, -0.15) is 0 Å². The van der Waals surface area contributed by atoms with Crippen LogP contribution in [0.25, 0.3) is 0 Å². The number of nitrogens with one attached hydrogen (secondary N) is 2. The molecule has 9 heavy (non-hydrogen) atoms. The van der Waals surface area contributed by atoms with Crippen molar-refractivity contribution in [2.75, 3.05) is 6.54 Å². The van der Waals surface area contributed by atoms with Gasteiger partial charge < -0.3 is 5.32 Å². The first-order valence-corrected chi connectivity index (χ1v) is 3.67. The van der Waals surface area contributed by atoms with Crippen LogP contribution >= 0.6 is 12.2 Å². The fraction of sp³-hybridized carbons (Fsp3) is 0.833. The minimum Gasteiger partial charge on any atom is -0.376 e. The van der Waals surface area contributed by atoms with E-state index in [9.17, 15) is 0 Å². The lowest BCUT2D eigenvalue weighted by Gasteiger charge is -2.27. The van der Waals surface area contributed by atoms with Crippen molar-refractivity contribution < 1.29 is 0 Å². The molecule has 0 heterocycles. The van der Waals surface area contributed by atoms with Crippen LogP contribution in [0.4, 0.5) is 0 Å². The van der Waals surface area contributed by atoms with Crippen LogP contribution in [0.3, 0.4) is 0 Å². The summed E-state index contributed by atoms with van der Waals surface area (Å²) in [5.74, 6) is 0. The summed E-state index contributed by atoms with van der Waals surface area (Å²) in [5.41, 5.74) is 6.90. The summed E-state index contributed by atoms with van der Waals surface area (Å²) >= 11 is 4.83. The molecule has 1 rings (SSSR count). The molecule has 1 aliphatic carbocycles. The molecule has 1 saturated carbocycles. The highest BCUT2D eigenvalue weighted by atomic mass is 32.1. The molecule has 0 aromatic carbocycles. The first-order chi connectivity index (χ1) is 4.33. The SMILES string of the molecule is [NH]CC(=S)NC1CCC1. The van der Waals surface area contributed by atoms with E-state index in [4.69, 9.17) is 18.0 Å². The van der Waals surface area contributed by atoms with Crippen LogP contribution in [0.2, 0.25) is 0 Å². The zero-order chi connectivity index (χ0) is 6.69. The Morgan fingerprint density at radius 1 is 1.67 bits per heavy atom. The zero-order valence-electron chi connectivity index (χ0n) is 5.31. The van der Waals surface area contributed by atoms with Crippen LogP contribution in [0, 0.1) is 0 Å². The van der Waals surface area contributed by atoms with Gasteiger partial charge in [0, 0.05) is 6.04 Å². The van der Waals surface area contributed by atoms with Crippen LogP contribution < -0.4 is 11.1 Å². The van der Waals surface area contributed by atoms with Gasteiger partial charge in [0.1, 0.15) is 0 Å². The van der Waals surface area contributed by atoms with Gasteiger partial charge in [0.15, 0.2) is 0 Å². The zero-order valence-corrected chi connectivity index (χ0v) is 6.13. The average molecular weight is 143 g/mol. The van der Waals surface area contributed by atoms with Gasteiger partial charge in [-0.15, -0.1) is 0 Å². The predicted molar refractivity (Wildman–Crippen MR) is 41.3 cm³/mol. The molecule has 0 aromatic rings. The first kappa shape index (κ1) is 6.96. The van der Waals surface area contributed by atoms with Crippen molar-refractivity contribution in [2.24, 2.45) is 0 Å². The second-order valence-corrected chi connectivity index (χ2v) is 2.86. The predicted octanol–water partition coefficient (Wildman–Crippen LogP) is 0.739. The molecule has 1 aliphatic rings. The van der Waals surface area contributed by atoms with E-state index >= 15 is 0 Å². The van der Waals surface area contributed by atoms with Gasteiger partial charge in [0.25, 0.3) is 0 Å². The maximum Gasteiger partial charge on any atom is 0.0910 e. The van der Waals surface area contributed by atoms with Gasteiger partial charge in [0.05, 0.1) is 11.5 Å². The number of hydrogen-bond acceptors (Lipinski definition) is 1. The van der Waals surface area contributed by atoms with Crippen LogP contribution in [-0.4, -0.2) is 17.6 Å². The van der Waals surface area contributed by atoms with Crippen molar-refractivity contribution in [1.82, 2.24) is 11.1 Å². The first-order valence-electron chi connectivity index (χ1n) is 3.27. The average Bonchev–Trinajstić information content (AvgIpc) is 1.78. The van der Waals surface area contributed by atoms with Gasteiger partial charge in [-0.25, -0.2) is 0 Å². The third-order valence-electron chi connectivity index (χ3n) is 1.63. The molecular formula is C6H11N2S. The van der Waals surface area contributed by atoms with E-state index in [1.165, 1.54) is 19.3 Å². The maximum atomic E-state index is 6.90. The van der Waals surface area contributed by atoms with Crippen LogP contribution in [0.5, 0.6) is 0 Å². The molecule has 0 atom stereocenters. The summed E-state index contributed by atoms with van der Waals surface area (Å²) in [6.45, 7) is 0.242. The second-order valence-electron chi connectivity index (χ2n) is 2.37. The van der Waals surface area contributed by atoms with E-state index in [2.05, 4.69) is 5.32 Å². The molecular weight excluding hydrogens is 132 g/mol. The summed E-state index contributed by atoms with van der Waals surface area (Å²) in [5, 5.41) is 3.11. The summed E-state index contributed by atoms with van der Waals surface area (Å²) in [6, 6.07) is 0.600. The normalized spacial score (nSPS) is 18.8. The highest BCUT2D eigenvalue weighted by molar-refractivity contribution is 7.80. The molecule has 2 N–H and O–H groups in total. The molecule has 0 aromatic heterocycles. The van der Waals surface area contributed by atoms with Gasteiger partial charge in [-0.05, 0) is 19.3 Å². The van der Waals surface area contributed by atoms with Gasteiger partial charge >= 0.3 is 0 Å². The van der Waals surface area contributed by atoms with Crippen molar-refractivity contribution in [2.45, 2.75) is 25.3 Å². The molecule has 0 aliphatic heterocycles. The van der Waals surface area contributed by atoms with Crippen LogP contribution in [0.15, 0.2) is 0 Å². The molecule has 0 unspecified atom stereocenters. The maximum absolute atomic E-state index is 6.90. The van der Waals surface area contributed by atoms with Gasteiger partial charge in [-0.3, -0.25) is 5.73 Å². The Bertz CT molecular complexity index is 110.